The lowest BCUT2D eigenvalue weighted by atomic mass is 10.2. The van der Waals surface area contributed by atoms with Crippen LogP contribution < -0.4 is 10.2 Å². The van der Waals surface area contributed by atoms with Gasteiger partial charge < -0.3 is 15.1 Å². The van der Waals surface area contributed by atoms with Crippen molar-refractivity contribution in [2.45, 2.75) is 0 Å². The van der Waals surface area contributed by atoms with Crippen molar-refractivity contribution in [1.82, 2.24) is 19.9 Å². The summed E-state index contributed by atoms with van der Waals surface area (Å²) in [6.45, 7) is 2.47. The van der Waals surface area contributed by atoms with Crippen LogP contribution >= 0.6 is 0 Å². The van der Waals surface area contributed by atoms with E-state index in [0.717, 1.165) is 18.0 Å². The molecule has 1 fully saturated rings. The molecule has 1 amide bonds. The largest absolute Gasteiger partial charge is 0.353 e. The molecule has 1 aliphatic heterocycles. The van der Waals surface area contributed by atoms with Gasteiger partial charge in [0.05, 0.1) is 18.1 Å². The topological polar surface area (TPSA) is 74.2 Å². The summed E-state index contributed by atoms with van der Waals surface area (Å²) in [6.07, 6.45) is 4.44. The first kappa shape index (κ1) is 18.7. The molecule has 0 spiro atoms. The molecule has 0 bridgehead atoms. The highest BCUT2D eigenvalue weighted by Gasteiger charge is 2.23. The van der Waals surface area contributed by atoms with Crippen LogP contribution in [0.5, 0.6) is 0 Å². The Morgan fingerprint density at radius 1 is 0.966 bits per heavy atom. The maximum Gasteiger partial charge on any atom is 0.274 e. The summed E-state index contributed by atoms with van der Waals surface area (Å²) in [7, 11) is 0. The smallest absolute Gasteiger partial charge is 0.274 e. The van der Waals surface area contributed by atoms with E-state index < -0.39 is 11.6 Å². The Balaban J connectivity index is 1.37. The van der Waals surface area contributed by atoms with Gasteiger partial charge in [0.1, 0.15) is 29.0 Å². The third-order valence-electron chi connectivity index (χ3n) is 4.60. The van der Waals surface area contributed by atoms with E-state index in [-0.39, 0.29) is 23.1 Å². The summed E-state index contributed by atoms with van der Waals surface area (Å²) in [5, 5.41) is 2.72. The average molecular weight is 396 g/mol. The minimum Gasteiger partial charge on any atom is -0.353 e. The Bertz CT molecular complexity index is 992. The molecule has 1 aliphatic rings. The third-order valence-corrected chi connectivity index (χ3v) is 4.60. The SMILES string of the molecule is O=C(c1cnc(Nc2ccc(F)cc2F)cn1)N1CCN(c2ccccn2)CC1. The molecule has 9 heteroatoms. The van der Waals surface area contributed by atoms with Crippen LogP contribution in [0.25, 0.3) is 0 Å². The van der Waals surface area contributed by atoms with Crippen LogP contribution in [0.1, 0.15) is 10.5 Å². The molecule has 0 atom stereocenters. The number of piperazine rings is 1. The van der Waals surface area contributed by atoms with Crippen molar-refractivity contribution in [2.75, 3.05) is 36.4 Å². The first-order valence-corrected chi connectivity index (χ1v) is 9.09. The lowest BCUT2D eigenvalue weighted by Gasteiger charge is -2.35. The molecule has 0 saturated carbocycles. The highest BCUT2D eigenvalue weighted by atomic mass is 19.1. The molecule has 0 unspecified atom stereocenters. The van der Waals surface area contributed by atoms with Gasteiger partial charge in [-0.3, -0.25) is 4.79 Å². The lowest BCUT2D eigenvalue weighted by molar-refractivity contribution is 0.0740. The van der Waals surface area contributed by atoms with Crippen molar-refractivity contribution in [2.24, 2.45) is 0 Å². The Kier molecular flexibility index (Phi) is 5.28. The summed E-state index contributed by atoms with van der Waals surface area (Å²) in [5.74, 6) is -0.464. The van der Waals surface area contributed by atoms with Crippen LogP contribution in [0, 0.1) is 11.6 Å². The molecule has 1 saturated heterocycles. The van der Waals surface area contributed by atoms with E-state index in [0.29, 0.717) is 26.2 Å². The van der Waals surface area contributed by atoms with Gasteiger partial charge in [0.15, 0.2) is 0 Å². The maximum atomic E-state index is 13.7. The molecule has 3 aromatic rings. The van der Waals surface area contributed by atoms with Crippen LogP contribution in [0.15, 0.2) is 55.0 Å². The molecular weight excluding hydrogens is 378 g/mol. The van der Waals surface area contributed by atoms with Crippen molar-refractivity contribution < 1.29 is 13.6 Å². The van der Waals surface area contributed by atoms with E-state index in [9.17, 15) is 13.6 Å². The molecular formula is C20H18F2N6O. The van der Waals surface area contributed by atoms with E-state index in [2.05, 4.69) is 25.2 Å². The molecule has 0 radical (unpaired) electrons. The molecule has 3 heterocycles. The Morgan fingerprint density at radius 2 is 1.79 bits per heavy atom. The number of carbonyl (C=O) groups excluding carboxylic acids is 1. The van der Waals surface area contributed by atoms with Crippen LogP contribution in [0.3, 0.4) is 0 Å². The third kappa shape index (κ3) is 4.29. The molecule has 0 aliphatic carbocycles. The number of halogens is 2. The molecule has 2 aromatic heterocycles. The maximum absolute atomic E-state index is 13.7. The molecule has 1 N–H and O–H groups in total. The van der Waals surface area contributed by atoms with Gasteiger partial charge in [0, 0.05) is 38.4 Å². The molecule has 148 valence electrons. The predicted octanol–water partition coefficient (Wildman–Crippen LogP) is 2.86. The number of aromatic nitrogens is 3. The van der Waals surface area contributed by atoms with Crippen LogP contribution in [-0.4, -0.2) is 51.9 Å². The van der Waals surface area contributed by atoms with Gasteiger partial charge in [-0.15, -0.1) is 0 Å². The molecule has 1 aromatic carbocycles. The first-order valence-electron chi connectivity index (χ1n) is 9.09. The number of rotatable bonds is 4. The Morgan fingerprint density at radius 3 is 2.45 bits per heavy atom. The van der Waals surface area contributed by atoms with Crippen molar-refractivity contribution in [3.63, 3.8) is 0 Å². The fourth-order valence-corrected chi connectivity index (χ4v) is 3.07. The van der Waals surface area contributed by atoms with Crippen molar-refractivity contribution in [3.05, 3.63) is 72.3 Å². The zero-order chi connectivity index (χ0) is 20.2. The normalized spacial score (nSPS) is 14.0. The molecule has 29 heavy (non-hydrogen) atoms. The minimum atomic E-state index is -0.738. The van der Waals surface area contributed by atoms with Gasteiger partial charge in [0.2, 0.25) is 0 Å². The number of pyridine rings is 1. The first-order chi connectivity index (χ1) is 14.1. The van der Waals surface area contributed by atoms with E-state index in [1.807, 2.05) is 18.2 Å². The highest BCUT2D eigenvalue weighted by molar-refractivity contribution is 5.92. The predicted molar refractivity (Wildman–Crippen MR) is 104 cm³/mol. The second-order valence-corrected chi connectivity index (χ2v) is 6.50. The lowest BCUT2D eigenvalue weighted by Crippen LogP contribution is -2.49. The quantitative estimate of drug-likeness (QED) is 0.731. The fraction of sp³-hybridized carbons (Fsp3) is 0.200. The van der Waals surface area contributed by atoms with Gasteiger partial charge in [-0.2, -0.15) is 0 Å². The summed E-state index contributed by atoms with van der Waals surface area (Å²) in [4.78, 5) is 29.1. The van der Waals surface area contributed by atoms with Crippen molar-refractivity contribution in [3.8, 4) is 0 Å². The average Bonchev–Trinajstić information content (AvgIpc) is 2.76. The highest BCUT2D eigenvalue weighted by Crippen LogP contribution is 2.19. The zero-order valence-electron chi connectivity index (χ0n) is 15.4. The second kappa shape index (κ2) is 8.17. The number of hydrogen-bond acceptors (Lipinski definition) is 6. The Hall–Kier alpha value is -3.62. The summed E-state index contributed by atoms with van der Waals surface area (Å²) in [5.41, 5.74) is 0.284. The van der Waals surface area contributed by atoms with Crippen LogP contribution in [-0.2, 0) is 0 Å². The number of benzene rings is 1. The van der Waals surface area contributed by atoms with Gasteiger partial charge >= 0.3 is 0 Å². The number of nitrogens with zero attached hydrogens (tertiary/aromatic N) is 5. The van der Waals surface area contributed by atoms with E-state index >= 15 is 0 Å². The van der Waals surface area contributed by atoms with Crippen molar-refractivity contribution in [1.29, 1.82) is 0 Å². The summed E-state index contributed by atoms with van der Waals surface area (Å²) >= 11 is 0. The monoisotopic (exact) mass is 396 g/mol. The van der Waals surface area contributed by atoms with Crippen LogP contribution in [0.2, 0.25) is 0 Å². The number of nitrogens with one attached hydrogen (secondary N) is 1. The van der Waals surface area contributed by atoms with Gasteiger partial charge in [-0.25, -0.2) is 23.7 Å². The number of anilines is 3. The van der Waals surface area contributed by atoms with E-state index in [1.165, 1.54) is 18.5 Å². The van der Waals surface area contributed by atoms with E-state index in [4.69, 9.17) is 0 Å². The van der Waals surface area contributed by atoms with Gasteiger partial charge in [0.25, 0.3) is 5.91 Å². The second-order valence-electron chi connectivity index (χ2n) is 6.50. The fourth-order valence-electron chi connectivity index (χ4n) is 3.07. The number of hydrogen-bond donors (Lipinski definition) is 1. The molecule has 7 nitrogen and oxygen atoms in total. The van der Waals surface area contributed by atoms with Gasteiger partial charge in [-0.05, 0) is 24.3 Å². The van der Waals surface area contributed by atoms with Gasteiger partial charge in [-0.1, -0.05) is 6.07 Å². The Labute approximate surface area is 166 Å². The van der Waals surface area contributed by atoms with Crippen molar-refractivity contribution >= 4 is 23.2 Å². The number of carbonyl (C=O) groups is 1. The van der Waals surface area contributed by atoms with E-state index in [1.54, 1.807) is 11.1 Å². The summed E-state index contributed by atoms with van der Waals surface area (Å²) in [6, 6.07) is 8.93. The molecule has 4 rings (SSSR count). The number of amides is 1. The minimum absolute atomic E-state index is 0.0745. The standard InChI is InChI=1S/C20H18F2N6O/c21-14-4-5-16(15(22)11-14)26-18-13-24-17(12-25-18)20(29)28-9-7-27(8-10-28)19-3-1-2-6-23-19/h1-6,11-13H,7-10H2,(H,25,26). The summed E-state index contributed by atoms with van der Waals surface area (Å²) < 4.78 is 26.7. The van der Waals surface area contributed by atoms with Crippen LogP contribution in [0.4, 0.5) is 26.1 Å². The zero-order valence-corrected chi connectivity index (χ0v) is 15.4.